The highest BCUT2D eigenvalue weighted by Gasteiger charge is 2.06. The van der Waals surface area contributed by atoms with Gasteiger partial charge >= 0.3 is 6.09 Å². The molecule has 0 aliphatic carbocycles. The van der Waals surface area contributed by atoms with Crippen molar-refractivity contribution in [3.8, 4) is 0 Å². The summed E-state index contributed by atoms with van der Waals surface area (Å²) < 4.78 is 12.8. The van der Waals surface area contributed by atoms with Crippen molar-refractivity contribution in [1.29, 1.82) is 0 Å². The maximum Gasteiger partial charge on any atom is 0.409 e. The minimum absolute atomic E-state index is 0.295. The van der Waals surface area contributed by atoms with Crippen LogP contribution in [0.4, 0.5) is 14.9 Å². The van der Waals surface area contributed by atoms with Crippen molar-refractivity contribution < 1.29 is 14.3 Å². The fourth-order valence-electron chi connectivity index (χ4n) is 1.40. The van der Waals surface area contributed by atoms with Gasteiger partial charge in [0.15, 0.2) is 0 Å². The molecule has 0 aromatic heterocycles. The first-order valence-corrected chi connectivity index (χ1v) is 5.99. The first kappa shape index (κ1) is 12.4. The molecule has 2 aromatic rings. The highest BCUT2D eigenvalue weighted by molar-refractivity contribution is 7.99. The van der Waals surface area contributed by atoms with Gasteiger partial charge in [0.05, 0.1) is 5.69 Å². The summed E-state index contributed by atoms with van der Waals surface area (Å²) in [5, 5.41) is 11.1. The van der Waals surface area contributed by atoms with E-state index in [2.05, 4.69) is 5.32 Å². The van der Waals surface area contributed by atoms with Crippen molar-refractivity contribution in [2.75, 3.05) is 5.32 Å². The van der Waals surface area contributed by atoms with E-state index in [1.165, 1.54) is 23.9 Å². The molecule has 0 radical (unpaired) electrons. The third-order valence-corrected chi connectivity index (χ3v) is 3.25. The second kappa shape index (κ2) is 5.55. The number of hydrogen-bond acceptors (Lipinski definition) is 2. The molecule has 2 aromatic carbocycles. The van der Waals surface area contributed by atoms with Crippen LogP contribution in [0.5, 0.6) is 0 Å². The Kier molecular flexibility index (Phi) is 3.84. The maximum absolute atomic E-state index is 12.8. The Morgan fingerprint density at radius 3 is 2.44 bits per heavy atom. The van der Waals surface area contributed by atoms with Gasteiger partial charge in [-0.1, -0.05) is 23.9 Å². The van der Waals surface area contributed by atoms with Crippen LogP contribution in [-0.4, -0.2) is 11.2 Å². The third-order valence-electron chi connectivity index (χ3n) is 2.17. The zero-order chi connectivity index (χ0) is 13.0. The Bertz CT molecular complexity index is 557. The summed E-state index contributed by atoms with van der Waals surface area (Å²) in [6.07, 6.45) is -1.11. The van der Waals surface area contributed by atoms with Crippen LogP contribution in [0.1, 0.15) is 0 Å². The fraction of sp³-hybridized carbons (Fsp3) is 0. The van der Waals surface area contributed by atoms with Gasteiger partial charge < -0.3 is 5.11 Å². The summed E-state index contributed by atoms with van der Waals surface area (Å²) in [6.45, 7) is 0. The second-order valence-electron chi connectivity index (χ2n) is 3.48. The zero-order valence-corrected chi connectivity index (χ0v) is 10.1. The first-order valence-electron chi connectivity index (χ1n) is 5.17. The number of carbonyl (C=O) groups is 1. The SMILES string of the molecule is O=C(O)Nc1ccccc1Sc1ccc(F)cc1. The number of hydrogen-bond donors (Lipinski definition) is 2. The first-order chi connectivity index (χ1) is 8.65. The van der Waals surface area contributed by atoms with E-state index in [1.54, 1.807) is 30.3 Å². The standard InChI is InChI=1S/C13H10FNO2S/c14-9-5-7-10(8-6-9)18-12-4-2-1-3-11(12)15-13(16)17/h1-8,15H,(H,16,17). The van der Waals surface area contributed by atoms with E-state index >= 15 is 0 Å². The number of benzene rings is 2. The van der Waals surface area contributed by atoms with Crippen LogP contribution in [0.15, 0.2) is 58.3 Å². The highest BCUT2D eigenvalue weighted by Crippen LogP contribution is 2.33. The number of amides is 1. The Hall–Kier alpha value is -2.01. The lowest BCUT2D eigenvalue weighted by Gasteiger charge is -2.08. The summed E-state index contributed by atoms with van der Waals surface area (Å²) in [6, 6.07) is 13.1. The number of halogens is 1. The molecule has 0 fully saturated rings. The average Bonchev–Trinajstić information content (AvgIpc) is 2.34. The number of para-hydroxylation sites is 1. The monoisotopic (exact) mass is 263 g/mol. The van der Waals surface area contributed by atoms with Gasteiger partial charge in [-0.05, 0) is 36.4 Å². The van der Waals surface area contributed by atoms with Crippen LogP contribution in [0.2, 0.25) is 0 Å². The summed E-state index contributed by atoms with van der Waals surface area (Å²) >= 11 is 1.37. The maximum atomic E-state index is 12.8. The van der Waals surface area contributed by atoms with Crippen molar-refractivity contribution in [3.63, 3.8) is 0 Å². The van der Waals surface area contributed by atoms with Gasteiger partial charge in [0, 0.05) is 9.79 Å². The van der Waals surface area contributed by atoms with Gasteiger partial charge in [-0.3, -0.25) is 5.32 Å². The van der Waals surface area contributed by atoms with Crippen LogP contribution in [-0.2, 0) is 0 Å². The number of anilines is 1. The average molecular weight is 263 g/mol. The molecular weight excluding hydrogens is 253 g/mol. The Balaban J connectivity index is 2.23. The molecule has 2 rings (SSSR count). The molecular formula is C13H10FNO2S. The second-order valence-corrected chi connectivity index (χ2v) is 4.60. The quantitative estimate of drug-likeness (QED) is 0.877. The molecule has 18 heavy (non-hydrogen) atoms. The van der Waals surface area contributed by atoms with Crippen molar-refractivity contribution in [2.45, 2.75) is 9.79 Å². The summed E-state index contributed by atoms with van der Waals surface area (Å²) in [4.78, 5) is 12.3. The van der Waals surface area contributed by atoms with Gasteiger partial charge in [-0.15, -0.1) is 0 Å². The minimum Gasteiger partial charge on any atom is -0.465 e. The Morgan fingerprint density at radius 1 is 1.11 bits per heavy atom. The largest absolute Gasteiger partial charge is 0.465 e. The smallest absolute Gasteiger partial charge is 0.409 e. The van der Waals surface area contributed by atoms with Crippen LogP contribution in [0.25, 0.3) is 0 Å². The molecule has 0 saturated carbocycles. The summed E-state index contributed by atoms with van der Waals surface area (Å²) in [5.41, 5.74) is 0.513. The van der Waals surface area contributed by atoms with E-state index < -0.39 is 6.09 Å². The summed E-state index contributed by atoms with van der Waals surface area (Å²) in [5.74, 6) is -0.295. The highest BCUT2D eigenvalue weighted by atomic mass is 32.2. The molecule has 5 heteroatoms. The lowest BCUT2D eigenvalue weighted by atomic mass is 10.3. The van der Waals surface area contributed by atoms with Crippen molar-refractivity contribution in [2.24, 2.45) is 0 Å². The minimum atomic E-state index is -1.11. The molecule has 0 unspecified atom stereocenters. The molecule has 0 heterocycles. The predicted octanol–water partition coefficient (Wildman–Crippen LogP) is 4.07. The molecule has 2 N–H and O–H groups in total. The van der Waals surface area contributed by atoms with Crippen molar-refractivity contribution in [1.82, 2.24) is 0 Å². The van der Waals surface area contributed by atoms with E-state index in [9.17, 15) is 9.18 Å². The van der Waals surface area contributed by atoms with Crippen molar-refractivity contribution >= 4 is 23.5 Å². The molecule has 0 saturated heterocycles. The van der Waals surface area contributed by atoms with E-state index in [1.807, 2.05) is 6.07 Å². The number of rotatable bonds is 3. The normalized spacial score (nSPS) is 10.1. The fourth-order valence-corrected chi connectivity index (χ4v) is 2.31. The van der Waals surface area contributed by atoms with Crippen LogP contribution in [0.3, 0.4) is 0 Å². The van der Waals surface area contributed by atoms with E-state index in [0.29, 0.717) is 5.69 Å². The Morgan fingerprint density at radius 2 is 1.78 bits per heavy atom. The molecule has 3 nitrogen and oxygen atoms in total. The van der Waals surface area contributed by atoms with E-state index in [0.717, 1.165) is 9.79 Å². The van der Waals surface area contributed by atoms with Crippen LogP contribution >= 0.6 is 11.8 Å². The molecule has 92 valence electrons. The lowest BCUT2D eigenvalue weighted by molar-refractivity contribution is 0.209. The number of nitrogens with one attached hydrogen (secondary N) is 1. The molecule has 0 spiro atoms. The summed E-state index contributed by atoms with van der Waals surface area (Å²) in [7, 11) is 0. The van der Waals surface area contributed by atoms with Gasteiger partial charge in [-0.2, -0.15) is 0 Å². The number of carboxylic acid groups (broad SMARTS) is 1. The van der Waals surface area contributed by atoms with Gasteiger partial charge in [0.2, 0.25) is 0 Å². The Labute approximate surface area is 108 Å². The van der Waals surface area contributed by atoms with E-state index in [-0.39, 0.29) is 5.82 Å². The van der Waals surface area contributed by atoms with Crippen LogP contribution < -0.4 is 5.32 Å². The zero-order valence-electron chi connectivity index (χ0n) is 9.26. The molecule has 1 amide bonds. The van der Waals surface area contributed by atoms with E-state index in [4.69, 9.17) is 5.11 Å². The van der Waals surface area contributed by atoms with Gasteiger partial charge in [-0.25, -0.2) is 9.18 Å². The van der Waals surface area contributed by atoms with Crippen molar-refractivity contribution in [3.05, 3.63) is 54.3 Å². The van der Waals surface area contributed by atoms with Gasteiger partial charge in [0.25, 0.3) is 0 Å². The lowest BCUT2D eigenvalue weighted by Crippen LogP contribution is -2.07. The molecule has 0 atom stereocenters. The van der Waals surface area contributed by atoms with Gasteiger partial charge in [0.1, 0.15) is 5.82 Å². The van der Waals surface area contributed by atoms with Crippen LogP contribution in [0, 0.1) is 5.82 Å². The predicted molar refractivity (Wildman–Crippen MR) is 68.6 cm³/mol. The topological polar surface area (TPSA) is 49.3 Å². The molecule has 0 bridgehead atoms. The third kappa shape index (κ3) is 3.24. The molecule has 0 aliphatic rings. The molecule has 0 aliphatic heterocycles.